The van der Waals surface area contributed by atoms with Crippen molar-refractivity contribution >= 4 is 5.69 Å². The van der Waals surface area contributed by atoms with Crippen molar-refractivity contribution in [3.8, 4) is 6.07 Å². The van der Waals surface area contributed by atoms with Crippen LogP contribution in [0.2, 0.25) is 0 Å². The maximum absolute atomic E-state index is 13.3. The van der Waals surface area contributed by atoms with Gasteiger partial charge in [0.05, 0.1) is 17.3 Å². The lowest BCUT2D eigenvalue weighted by Gasteiger charge is -2.20. The van der Waals surface area contributed by atoms with Gasteiger partial charge in [-0.05, 0) is 42.7 Å². The molecule has 0 radical (unpaired) electrons. The molecular weight excluding hydrogens is 251 g/mol. The van der Waals surface area contributed by atoms with E-state index in [1.165, 1.54) is 12.1 Å². The molecule has 2 rings (SSSR count). The lowest BCUT2D eigenvalue weighted by atomic mass is 10.0. The second-order valence-electron chi connectivity index (χ2n) is 4.77. The normalized spacial score (nSPS) is 11.7. The Bertz CT molecular complexity index is 644. The average Bonchev–Trinajstić information content (AvgIpc) is 2.45. The Morgan fingerprint density at radius 1 is 1.25 bits per heavy atom. The van der Waals surface area contributed by atoms with Gasteiger partial charge >= 0.3 is 0 Å². The van der Waals surface area contributed by atoms with Crippen LogP contribution in [-0.2, 0) is 0 Å². The van der Waals surface area contributed by atoms with Crippen molar-refractivity contribution in [1.29, 1.82) is 5.26 Å². The van der Waals surface area contributed by atoms with Crippen LogP contribution < -0.4 is 5.32 Å². The third kappa shape index (κ3) is 2.97. The molecular formula is C17H17FN2. The molecule has 1 unspecified atom stereocenters. The van der Waals surface area contributed by atoms with Gasteiger partial charge in [0.2, 0.25) is 0 Å². The zero-order chi connectivity index (χ0) is 14.5. The molecule has 1 N–H and O–H groups in total. The van der Waals surface area contributed by atoms with Crippen LogP contribution in [0.5, 0.6) is 0 Å². The highest BCUT2D eigenvalue weighted by Gasteiger charge is 2.12. The summed E-state index contributed by atoms with van der Waals surface area (Å²) in [5.74, 6) is -0.243. The summed E-state index contributed by atoms with van der Waals surface area (Å²) in [4.78, 5) is 0. The number of nitriles is 1. The van der Waals surface area contributed by atoms with Gasteiger partial charge in [-0.15, -0.1) is 0 Å². The van der Waals surface area contributed by atoms with Crippen LogP contribution >= 0.6 is 0 Å². The summed E-state index contributed by atoms with van der Waals surface area (Å²) in [5.41, 5.74) is 3.26. The summed E-state index contributed by atoms with van der Waals surface area (Å²) in [7, 11) is 0. The van der Waals surface area contributed by atoms with Gasteiger partial charge in [-0.25, -0.2) is 4.39 Å². The monoisotopic (exact) mass is 268 g/mol. The lowest BCUT2D eigenvalue weighted by molar-refractivity contribution is 0.621. The molecule has 0 heterocycles. The predicted molar refractivity (Wildman–Crippen MR) is 78.9 cm³/mol. The molecule has 0 saturated carbocycles. The largest absolute Gasteiger partial charge is 0.377 e. The van der Waals surface area contributed by atoms with Crippen molar-refractivity contribution in [2.75, 3.05) is 5.32 Å². The number of hydrogen-bond donors (Lipinski definition) is 1. The molecule has 102 valence electrons. The van der Waals surface area contributed by atoms with Gasteiger partial charge in [0.25, 0.3) is 0 Å². The second-order valence-corrected chi connectivity index (χ2v) is 4.77. The van der Waals surface area contributed by atoms with Crippen molar-refractivity contribution in [1.82, 2.24) is 0 Å². The number of anilines is 1. The van der Waals surface area contributed by atoms with Crippen LogP contribution in [0, 0.1) is 24.1 Å². The minimum Gasteiger partial charge on any atom is -0.377 e. The van der Waals surface area contributed by atoms with E-state index in [-0.39, 0.29) is 11.9 Å². The highest BCUT2D eigenvalue weighted by atomic mass is 19.1. The zero-order valence-corrected chi connectivity index (χ0v) is 11.7. The first-order valence-electron chi connectivity index (χ1n) is 6.67. The molecule has 0 aliphatic heterocycles. The maximum Gasteiger partial charge on any atom is 0.123 e. The van der Waals surface area contributed by atoms with Gasteiger partial charge < -0.3 is 5.32 Å². The smallest absolute Gasteiger partial charge is 0.123 e. The van der Waals surface area contributed by atoms with Gasteiger partial charge in [-0.3, -0.25) is 0 Å². The van der Waals surface area contributed by atoms with E-state index in [1.54, 1.807) is 6.07 Å². The number of hydrogen-bond acceptors (Lipinski definition) is 2. The number of nitrogens with zero attached hydrogens (tertiary/aromatic N) is 1. The van der Waals surface area contributed by atoms with Crippen LogP contribution in [0.3, 0.4) is 0 Å². The summed E-state index contributed by atoms with van der Waals surface area (Å²) < 4.78 is 13.3. The fourth-order valence-corrected chi connectivity index (χ4v) is 2.27. The fourth-order valence-electron chi connectivity index (χ4n) is 2.27. The third-order valence-corrected chi connectivity index (χ3v) is 3.37. The van der Waals surface area contributed by atoms with Crippen LogP contribution in [0.4, 0.5) is 10.1 Å². The Balaban J connectivity index is 2.32. The first kappa shape index (κ1) is 14.1. The molecule has 0 spiro atoms. The molecule has 20 heavy (non-hydrogen) atoms. The second kappa shape index (κ2) is 6.21. The predicted octanol–water partition coefficient (Wildman–Crippen LogP) is 4.57. The topological polar surface area (TPSA) is 35.8 Å². The van der Waals surface area contributed by atoms with Gasteiger partial charge in [-0.1, -0.05) is 31.2 Å². The van der Waals surface area contributed by atoms with Crippen molar-refractivity contribution in [2.24, 2.45) is 0 Å². The zero-order valence-electron chi connectivity index (χ0n) is 11.7. The Kier molecular flexibility index (Phi) is 4.37. The Labute approximate surface area is 118 Å². The van der Waals surface area contributed by atoms with Gasteiger partial charge in [0, 0.05) is 0 Å². The van der Waals surface area contributed by atoms with Crippen LogP contribution in [0.1, 0.15) is 36.1 Å². The van der Waals surface area contributed by atoms with Crippen LogP contribution in [-0.4, -0.2) is 0 Å². The standard InChI is InChI=1S/C17H17FN2/c1-3-16(13-7-5-8-14(18)10-13)20-17-9-4-6-12(2)15(17)11-19/h4-10,16,20H,3H2,1-2H3. The van der Waals surface area contributed by atoms with Gasteiger partial charge in [0.1, 0.15) is 11.9 Å². The highest BCUT2D eigenvalue weighted by Crippen LogP contribution is 2.26. The number of aryl methyl sites for hydroxylation is 1. The average molecular weight is 268 g/mol. The van der Waals surface area contributed by atoms with E-state index in [9.17, 15) is 9.65 Å². The SMILES string of the molecule is CCC(Nc1cccc(C)c1C#N)c1cccc(F)c1. The number of rotatable bonds is 4. The molecule has 1 atom stereocenters. The van der Waals surface area contributed by atoms with Crippen LogP contribution in [0.25, 0.3) is 0 Å². The van der Waals surface area contributed by atoms with E-state index in [0.29, 0.717) is 5.56 Å². The molecule has 0 aliphatic carbocycles. The molecule has 0 fully saturated rings. The molecule has 0 bridgehead atoms. The Morgan fingerprint density at radius 2 is 2.00 bits per heavy atom. The number of halogens is 1. The van der Waals surface area contributed by atoms with Crippen molar-refractivity contribution in [2.45, 2.75) is 26.3 Å². The van der Waals surface area contributed by atoms with E-state index in [4.69, 9.17) is 0 Å². The molecule has 0 aromatic heterocycles. The fraction of sp³-hybridized carbons (Fsp3) is 0.235. The van der Waals surface area contributed by atoms with Crippen molar-refractivity contribution < 1.29 is 4.39 Å². The first-order chi connectivity index (χ1) is 9.65. The molecule has 2 aromatic carbocycles. The van der Waals surface area contributed by atoms with E-state index in [2.05, 4.69) is 11.4 Å². The molecule has 0 amide bonds. The number of nitrogens with one attached hydrogen (secondary N) is 1. The summed E-state index contributed by atoms with van der Waals surface area (Å²) in [6.07, 6.45) is 0.808. The van der Waals surface area contributed by atoms with Gasteiger partial charge in [-0.2, -0.15) is 5.26 Å². The minimum atomic E-state index is -0.243. The van der Waals surface area contributed by atoms with Gasteiger partial charge in [0.15, 0.2) is 0 Å². The minimum absolute atomic E-state index is 0.0143. The molecule has 2 nitrogen and oxygen atoms in total. The van der Waals surface area contributed by atoms with E-state index in [1.807, 2.05) is 38.1 Å². The maximum atomic E-state index is 13.3. The molecule has 0 saturated heterocycles. The van der Waals surface area contributed by atoms with Crippen molar-refractivity contribution in [3.63, 3.8) is 0 Å². The molecule has 2 aromatic rings. The van der Waals surface area contributed by atoms with E-state index in [0.717, 1.165) is 23.2 Å². The summed E-state index contributed by atoms with van der Waals surface area (Å²) in [6.45, 7) is 3.94. The Hall–Kier alpha value is -2.34. The number of benzene rings is 2. The summed E-state index contributed by atoms with van der Waals surface area (Å²) >= 11 is 0. The molecule has 0 aliphatic rings. The van der Waals surface area contributed by atoms with Crippen molar-refractivity contribution in [3.05, 3.63) is 65.0 Å². The summed E-state index contributed by atoms with van der Waals surface area (Å²) in [5, 5.41) is 12.6. The Morgan fingerprint density at radius 3 is 2.65 bits per heavy atom. The third-order valence-electron chi connectivity index (χ3n) is 3.37. The van der Waals surface area contributed by atoms with E-state index < -0.39 is 0 Å². The van der Waals surface area contributed by atoms with Crippen LogP contribution in [0.15, 0.2) is 42.5 Å². The lowest BCUT2D eigenvalue weighted by Crippen LogP contribution is -2.11. The highest BCUT2D eigenvalue weighted by molar-refractivity contribution is 5.61. The first-order valence-corrected chi connectivity index (χ1v) is 6.67. The van der Waals surface area contributed by atoms with E-state index >= 15 is 0 Å². The summed E-state index contributed by atoms with van der Waals surface area (Å²) in [6, 6.07) is 14.5. The quantitative estimate of drug-likeness (QED) is 0.881. The molecule has 3 heteroatoms.